The van der Waals surface area contributed by atoms with Gasteiger partial charge in [-0.2, -0.15) is 0 Å². The fourth-order valence-corrected chi connectivity index (χ4v) is 7.14. The highest BCUT2D eigenvalue weighted by Crippen LogP contribution is 2.41. The van der Waals surface area contributed by atoms with Gasteiger partial charge in [0.1, 0.15) is 22.8 Å². The van der Waals surface area contributed by atoms with Crippen LogP contribution >= 0.6 is 34.9 Å². The number of nitrogens with one attached hydrogen (secondary N) is 1. The number of nitrogen functional groups attached to an aromatic ring is 3. The van der Waals surface area contributed by atoms with Gasteiger partial charge in [0.25, 0.3) is 11.8 Å². The minimum atomic E-state index is -1.77. The number of nitrogens with two attached hydrogens (primary N) is 3. The van der Waals surface area contributed by atoms with Gasteiger partial charge in [0.2, 0.25) is 17.2 Å². The van der Waals surface area contributed by atoms with Gasteiger partial charge in [-0.15, -0.1) is 23.1 Å². The van der Waals surface area contributed by atoms with Crippen LogP contribution in [0.3, 0.4) is 0 Å². The van der Waals surface area contributed by atoms with Crippen LogP contribution in [-0.2, 0) is 30.6 Å². The first kappa shape index (κ1) is 31.8. The van der Waals surface area contributed by atoms with Crippen LogP contribution in [0, 0.1) is 0 Å². The Hall–Kier alpha value is -4.10. The number of β-lactam (4-membered cyclic amide) rings is 1. The van der Waals surface area contributed by atoms with Crippen LogP contribution in [0.4, 0.5) is 16.8 Å². The largest absolute Gasteiger partial charge is 0.478 e. The normalized spacial score (nSPS) is 18.6. The summed E-state index contributed by atoms with van der Waals surface area (Å²) in [7, 11) is 0. The molecule has 2 aromatic heterocycles. The maximum Gasteiger partial charge on any atom is 0.352 e. The fourth-order valence-electron chi connectivity index (χ4n) is 4.06. The number of anilines is 3. The van der Waals surface area contributed by atoms with Crippen molar-refractivity contribution < 1.29 is 38.8 Å². The SMILES string of the molecule is CCC[n+]1c(N)cc(N)nc1SCC1=C(C(=O)O)N2C(=O)C(NC(=O)/C(=N\OC(C)(C)C(=O)O)c3csc(N)n3)C2SC1. The van der Waals surface area contributed by atoms with Crippen LogP contribution in [-0.4, -0.2) is 83.1 Å². The molecule has 0 aliphatic carbocycles. The second-order valence-corrected chi connectivity index (χ2v) is 12.8. The number of carboxylic acids is 2. The third-order valence-electron chi connectivity index (χ3n) is 6.28. The third kappa shape index (κ3) is 6.62. The standard InChI is InChI=1S/C24H29N9O7S3/c1-4-5-32-13(26)6-12(25)29-23(32)43-8-10-7-41-19-15(18(35)33(19)16(10)20(36)37)30-17(34)14(11-9-42-22(27)28-11)31-40-24(2,3)21(38)39/h6,9,15,19H,4-5,7-8H2,1-3H3,(H8,25,26,27,28,30,34,36,37,38,39)/p+1/b31-14-. The Morgan fingerprint density at radius 3 is 2.60 bits per heavy atom. The highest BCUT2D eigenvalue weighted by atomic mass is 32.2. The summed E-state index contributed by atoms with van der Waals surface area (Å²) in [5, 5.41) is 27.0. The number of carbonyl (C=O) groups is 4. The Balaban J connectivity index is 1.54. The number of aromatic nitrogens is 3. The first-order chi connectivity index (χ1) is 20.2. The monoisotopic (exact) mass is 652 g/mol. The molecule has 2 unspecified atom stereocenters. The molecule has 4 heterocycles. The molecule has 2 aliphatic heterocycles. The molecule has 19 heteroatoms. The number of hydrogen-bond acceptors (Lipinski definition) is 14. The summed E-state index contributed by atoms with van der Waals surface area (Å²) in [5.74, 6) is -2.99. The summed E-state index contributed by atoms with van der Waals surface area (Å²) in [4.78, 5) is 64.9. The zero-order valence-electron chi connectivity index (χ0n) is 23.3. The first-order valence-corrected chi connectivity index (χ1v) is 15.7. The minimum absolute atomic E-state index is 0.0163. The summed E-state index contributed by atoms with van der Waals surface area (Å²) >= 11 is 3.56. The average molecular weight is 653 g/mol. The Kier molecular flexibility index (Phi) is 9.35. The van der Waals surface area contributed by atoms with E-state index in [0.717, 1.165) is 22.7 Å². The molecule has 9 N–H and O–H groups in total. The number of nitrogens with zero attached hydrogens (tertiary/aromatic N) is 5. The predicted octanol–water partition coefficient (Wildman–Crippen LogP) is 0.0970. The summed E-state index contributed by atoms with van der Waals surface area (Å²) < 4.78 is 1.79. The van der Waals surface area contributed by atoms with Gasteiger partial charge in [0.05, 0.1) is 12.6 Å². The van der Waals surface area contributed by atoms with Gasteiger partial charge in [0.15, 0.2) is 10.8 Å². The molecule has 1 saturated heterocycles. The van der Waals surface area contributed by atoms with Crippen molar-refractivity contribution in [3.8, 4) is 0 Å². The van der Waals surface area contributed by atoms with Gasteiger partial charge in [-0.1, -0.05) is 17.1 Å². The summed E-state index contributed by atoms with van der Waals surface area (Å²) in [5.41, 5.74) is 15.9. The van der Waals surface area contributed by atoms with Crippen LogP contribution in [0.25, 0.3) is 0 Å². The van der Waals surface area contributed by atoms with Gasteiger partial charge < -0.3 is 37.6 Å². The second-order valence-electron chi connectivity index (χ2n) is 9.86. The van der Waals surface area contributed by atoms with E-state index in [4.69, 9.17) is 22.0 Å². The van der Waals surface area contributed by atoms with Crippen molar-refractivity contribution in [2.24, 2.45) is 5.16 Å². The lowest BCUT2D eigenvalue weighted by atomic mass is 10.0. The van der Waals surface area contributed by atoms with Crippen LogP contribution < -0.4 is 27.1 Å². The van der Waals surface area contributed by atoms with Crippen LogP contribution in [0.1, 0.15) is 32.9 Å². The molecule has 2 atom stereocenters. The van der Waals surface area contributed by atoms with E-state index < -0.39 is 46.5 Å². The minimum Gasteiger partial charge on any atom is -0.478 e. The van der Waals surface area contributed by atoms with E-state index in [2.05, 4.69) is 20.4 Å². The molecule has 1 fully saturated rings. The number of oxime groups is 1. The van der Waals surface area contributed by atoms with Crippen molar-refractivity contribution in [3.63, 3.8) is 0 Å². The Morgan fingerprint density at radius 1 is 1.28 bits per heavy atom. The van der Waals surface area contributed by atoms with Crippen molar-refractivity contribution in [3.05, 3.63) is 28.4 Å². The maximum atomic E-state index is 13.3. The number of aliphatic carboxylic acids is 2. The molecule has 0 bridgehead atoms. The lowest BCUT2D eigenvalue weighted by Crippen LogP contribution is -2.71. The molecule has 0 spiro atoms. The predicted molar refractivity (Wildman–Crippen MR) is 160 cm³/mol. The van der Waals surface area contributed by atoms with Crippen LogP contribution in [0.2, 0.25) is 0 Å². The number of amides is 2. The van der Waals surface area contributed by atoms with E-state index in [1.165, 1.54) is 42.8 Å². The zero-order chi connectivity index (χ0) is 31.6. The van der Waals surface area contributed by atoms with E-state index in [0.29, 0.717) is 23.1 Å². The van der Waals surface area contributed by atoms with Crippen LogP contribution in [0.15, 0.2) is 33.0 Å². The summed E-state index contributed by atoms with van der Waals surface area (Å²) in [6.45, 7) is 5.06. The zero-order valence-corrected chi connectivity index (χ0v) is 25.7. The highest BCUT2D eigenvalue weighted by Gasteiger charge is 2.54. The summed E-state index contributed by atoms with van der Waals surface area (Å²) in [6.07, 6.45) is 0.787. The van der Waals surface area contributed by atoms with Gasteiger partial charge >= 0.3 is 17.1 Å². The molecule has 2 amide bonds. The van der Waals surface area contributed by atoms with Crippen LogP contribution in [0.5, 0.6) is 0 Å². The number of fused-ring (bicyclic) bond motifs is 1. The van der Waals surface area contributed by atoms with E-state index in [-0.39, 0.29) is 33.8 Å². The summed E-state index contributed by atoms with van der Waals surface area (Å²) in [6, 6.07) is 0.464. The molecular weight excluding hydrogens is 623 g/mol. The third-order valence-corrected chi connectivity index (χ3v) is 9.36. The lowest BCUT2D eigenvalue weighted by Gasteiger charge is -2.49. The number of carboxylic acid groups (broad SMARTS) is 2. The van der Waals surface area contributed by atoms with Crippen molar-refractivity contribution in [2.75, 3.05) is 28.7 Å². The van der Waals surface area contributed by atoms with Gasteiger partial charge in [-0.25, -0.2) is 19.1 Å². The Morgan fingerprint density at radius 2 is 2.00 bits per heavy atom. The molecule has 4 rings (SSSR count). The van der Waals surface area contributed by atoms with E-state index in [1.54, 1.807) is 10.6 Å². The lowest BCUT2D eigenvalue weighted by molar-refractivity contribution is -0.723. The molecule has 2 aliphatic rings. The van der Waals surface area contributed by atoms with Crippen molar-refractivity contribution in [1.29, 1.82) is 0 Å². The highest BCUT2D eigenvalue weighted by molar-refractivity contribution is 8.01. The molecule has 0 saturated carbocycles. The van der Waals surface area contributed by atoms with Crippen molar-refractivity contribution in [2.45, 2.75) is 55.9 Å². The molecular formula is C24H30N9O7S3+. The van der Waals surface area contributed by atoms with Gasteiger partial charge in [0, 0.05) is 16.9 Å². The van der Waals surface area contributed by atoms with Gasteiger partial charge in [-0.3, -0.25) is 14.5 Å². The van der Waals surface area contributed by atoms with Crippen molar-refractivity contribution in [1.82, 2.24) is 20.2 Å². The van der Waals surface area contributed by atoms with E-state index >= 15 is 0 Å². The topological polar surface area (TPSA) is 253 Å². The number of hydrogen-bond donors (Lipinski definition) is 6. The first-order valence-electron chi connectivity index (χ1n) is 12.8. The number of carbonyl (C=O) groups excluding carboxylic acids is 2. The second kappa shape index (κ2) is 12.6. The molecule has 43 heavy (non-hydrogen) atoms. The molecule has 2 aromatic rings. The van der Waals surface area contributed by atoms with Gasteiger partial charge in [-0.05, 0) is 37.6 Å². The number of rotatable bonds is 12. The Bertz CT molecular complexity index is 1540. The molecule has 0 radical (unpaired) electrons. The smallest absolute Gasteiger partial charge is 0.352 e. The number of thioether (sulfide) groups is 2. The number of thiazole rings is 1. The van der Waals surface area contributed by atoms with E-state index in [9.17, 15) is 29.4 Å². The Labute approximate surface area is 257 Å². The molecule has 0 aromatic carbocycles. The average Bonchev–Trinajstić information content (AvgIpc) is 3.36. The maximum absolute atomic E-state index is 13.3. The van der Waals surface area contributed by atoms with Crippen molar-refractivity contribution >= 4 is 81.1 Å². The molecule has 16 nitrogen and oxygen atoms in total. The fraction of sp³-hybridized carbons (Fsp3) is 0.417. The quantitative estimate of drug-likeness (QED) is 0.0444. The molecule has 230 valence electrons. The van der Waals surface area contributed by atoms with E-state index in [1.807, 2.05) is 6.92 Å².